The third-order valence-corrected chi connectivity index (χ3v) is 7.65. The van der Waals surface area contributed by atoms with Crippen LogP contribution >= 0.6 is 0 Å². The molecular formula is C26H33N3O2. The third-order valence-electron chi connectivity index (χ3n) is 7.65. The van der Waals surface area contributed by atoms with Crippen molar-refractivity contribution in [2.24, 2.45) is 5.92 Å². The van der Waals surface area contributed by atoms with Gasteiger partial charge in [-0.05, 0) is 67.6 Å². The average molecular weight is 420 g/mol. The van der Waals surface area contributed by atoms with E-state index in [1.165, 1.54) is 16.8 Å². The van der Waals surface area contributed by atoms with Crippen LogP contribution in [0.5, 0.6) is 5.75 Å². The summed E-state index contributed by atoms with van der Waals surface area (Å²) in [7, 11) is 3.83. The van der Waals surface area contributed by atoms with Gasteiger partial charge in [-0.2, -0.15) is 0 Å². The van der Waals surface area contributed by atoms with Crippen molar-refractivity contribution >= 4 is 11.6 Å². The summed E-state index contributed by atoms with van der Waals surface area (Å²) < 4.78 is 5.54. The van der Waals surface area contributed by atoms with E-state index in [4.69, 9.17) is 4.74 Å². The molecule has 1 amide bonds. The number of likely N-dealkylation sites (tertiary alicyclic amines) is 1. The van der Waals surface area contributed by atoms with Crippen molar-refractivity contribution in [3.05, 3.63) is 58.7 Å². The Kier molecular flexibility index (Phi) is 5.17. The van der Waals surface area contributed by atoms with Crippen LogP contribution in [0, 0.1) is 12.8 Å². The first kappa shape index (κ1) is 20.4. The van der Waals surface area contributed by atoms with Gasteiger partial charge in [0, 0.05) is 38.4 Å². The normalized spacial score (nSPS) is 25.5. The molecule has 2 saturated heterocycles. The SMILES string of the molecule is COc1ccc(C)cc1C(=O)N1CCC2c3ccc(N4CCN(C)CC4)cc3C1[C@H]2C. The van der Waals surface area contributed by atoms with Gasteiger partial charge in [0.2, 0.25) is 0 Å². The highest BCUT2D eigenvalue weighted by atomic mass is 16.5. The number of likely N-dealkylation sites (N-methyl/N-ethyl adjacent to an activating group) is 1. The van der Waals surface area contributed by atoms with Crippen molar-refractivity contribution in [3.8, 4) is 5.75 Å². The topological polar surface area (TPSA) is 36.0 Å². The lowest BCUT2D eigenvalue weighted by Crippen LogP contribution is -2.44. The van der Waals surface area contributed by atoms with Gasteiger partial charge < -0.3 is 19.4 Å². The maximum atomic E-state index is 13.7. The number of benzene rings is 2. The summed E-state index contributed by atoms with van der Waals surface area (Å²) in [4.78, 5) is 20.7. The molecule has 0 spiro atoms. The highest BCUT2D eigenvalue weighted by molar-refractivity contribution is 5.97. The molecule has 2 aromatic carbocycles. The summed E-state index contributed by atoms with van der Waals surface area (Å²) in [5, 5.41) is 0. The second kappa shape index (κ2) is 7.86. The van der Waals surface area contributed by atoms with Gasteiger partial charge >= 0.3 is 0 Å². The maximum Gasteiger partial charge on any atom is 0.258 e. The van der Waals surface area contributed by atoms with Crippen molar-refractivity contribution in [1.82, 2.24) is 9.80 Å². The number of fused-ring (bicyclic) bond motifs is 5. The molecule has 0 N–H and O–H groups in total. The predicted molar refractivity (Wildman–Crippen MR) is 124 cm³/mol. The van der Waals surface area contributed by atoms with Gasteiger partial charge in [-0.3, -0.25) is 4.79 Å². The number of carbonyl (C=O) groups is 1. The van der Waals surface area contributed by atoms with Gasteiger partial charge in [0.15, 0.2) is 0 Å². The Labute approximate surface area is 185 Å². The van der Waals surface area contributed by atoms with Crippen molar-refractivity contribution in [3.63, 3.8) is 0 Å². The molecule has 5 nitrogen and oxygen atoms in total. The predicted octanol–water partition coefficient (Wildman–Crippen LogP) is 4.08. The van der Waals surface area contributed by atoms with Gasteiger partial charge in [0.05, 0.1) is 18.7 Å². The summed E-state index contributed by atoms with van der Waals surface area (Å²) in [5.74, 6) is 1.74. The van der Waals surface area contributed by atoms with Crippen molar-refractivity contribution in [2.45, 2.75) is 32.2 Å². The molecule has 3 atom stereocenters. The molecule has 2 bridgehead atoms. The fraction of sp³-hybridized carbons (Fsp3) is 0.500. The summed E-state index contributed by atoms with van der Waals surface area (Å²) >= 11 is 0. The van der Waals surface area contributed by atoms with Crippen LogP contribution in [0.3, 0.4) is 0 Å². The third kappa shape index (κ3) is 3.39. The first-order valence-corrected chi connectivity index (χ1v) is 11.5. The number of piperidine rings is 1. The van der Waals surface area contributed by atoms with E-state index in [1.807, 2.05) is 25.1 Å². The molecule has 1 aliphatic carbocycles. The maximum absolute atomic E-state index is 13.7. The van der Waals surface area contributed by atoms with Crippen LogP contribution in [0.2, 0.25) is 0 Å². The van der Waals surface area contributed by atoms with Gasteiger partial charge in [0.1, 0.15) is 5.75 Å². The number of hydrogen-bond acceptors (Lipinski definition) is 4. The zero-order valence-electron chi connectivity index (χ0n) is 19.1. The van der Waals surface area contributed by atoms with Crippen LogP contribution in [-0.2, 0) is 0 Å². The van der Waals surface area contributed by atoms with Crippen LogP contribution in [0.1, 0.15) is 52.4 Å². The van der Waals surface area contributed by atoms with E-state index in [0.29, 0.717) is 23.1 Å². The monoisotopic (exact) mass is 419 g/mol. The number of piperazine rings is 1. The van der Waals surface area contributed by atoms with E-state index in [2.05, 4.69) is 46.9 Å². The zero-order chi connectivity index (χ0) is 21.7. The fourth-order valence-electron chi connectivity index (χ4n) is 5.86. The number of rotatable bonds is 3. The van der Waals surface area contributed by atoms with Crippen molar-refractivity contribution < 1.29 is 9.53 Å². The van der Waals surface area contributed by atoms with Crippen molar-refractivity contribution in [2.75, 3.05) is 51.8 Å². The first-order valence-electron chi connectivity index (χ1n) is 11.5. The zero-order valence-corrected chi connectivity index (χ0v) is 19.1. The molecule has 3 aliphatic rings. The lowest BCUT2D eigenvalue weighted by Gasteiger charge is -2.39. The van der Waals surface area contributed by atoms with Crippen LogP contribution in [0.15, 0.2) is 36.4 Å². The van der Waals surface area contributed by atoms with Crippen LogP contribution in [-0.4, -0.2) is 62.6 Å². The number of aryl methyl sites for hydroxylation is 1. The first-order chi connectivity index (χ1) is 15.0. The Hall–Kier alpha value is -2.53. The molecule has 31 heavy (non-hydrogen) atoms. The summed E-state index contributed by atoms with van der Waals surface area (Å²) in [6, 6.07) is 13.0. The number of hydrogen-bond donors (Lipinski definition) is 0. The van der Waals surface area contributed by atoms with E-state index in [1.54, 1.807) is 7.11 Å². The van der Waals surface area contributed by atoms with E-state index >= 15 is 0 Å². The van der Waals surface area contributed by atoms with Gasteiger partial charge in [0.25, 0.3) is 5.91 Å². The molecule has 2 unspecified atom stereocenters. The summed E-state index contributed by atoms with van der Waals surface area (Å²) in [6.45, 7) is 9.45. The van der Waals surface area contributed by atoms with Crippen LogP contribution < -0.4 is 9.64 Å². The quantitative estimate of drug-likeness (QED) is 0.751. The van der Waals surface area contributed by atoms with Crippen LogP contribution in [0.4, 0.5) is 5.69 Å². The lowest BCUT2D eigenvalue weighted by molar-refractivity contribution is 0.0520. The van der Waals surface area contributed by atoms with Crippen molar-refractivity contribution in [1.29, 1.82) is 0 Å². The molecule has 0 saturated carbocycles. The molecule has 2 aromatic rings. The van der Waals surface area contributed by atoms with Gasteiger partial charge in [-0.15, -0.1) is 0 Å². The minimum Gasteiger partial charge on any atom is -0.496 e. The minimum absolute atomic E-state index is 0.0914. The largest absolute Gasteiger partial charge is 0.496 e. The summed E-state index contributed by atoms with van der Waals surface area (Å²) in [5.41, 5.74) is 5.86. The fourth-order valence-corrected chi connectivity index (χ4v) is 5.86. The van der Waals surface area contributed by atoms with Gasteiger partial charge in [-0.25, -0.2) is 0 Å². The Morgan fingerprint density at radius 3 is 2.52 bits per heavy atom. The number of anilines is 1. The number of nitrogens with zero attached hydrogens (tertiary/aromatic N) is 3. The Balaban J connectivity index is 1.49. The second-order valence-electron chi connectivity index (χ2n) is 9.50. The Morgan fingerprint density at radius 2 is 1.77 bits per heavy atom. The smallest absolute Gasteiger partial charge is 0.258 e. The molecular weight excluding hydrogens is 386 g/mol. The highest BCUT2D eigenvalue weighted by Crippen LogP contribution is 2.54. The number of methoxy groups -OCH3 is 1. The minimum atomic E-state index is 0.0914. The molecule has 2 aliphatic heterocycles. The molecule has 164 valence electrons. The van der Waals surface area contributed by atoms with E-state index < -0.39 is 0 Å². The molecule has 2 fully saturated rings. The van der Waals surface area contributed by atoms with Crippen LogP contribution in [0.25, 0.3) is 0 Å². The second-order valence-corrected chi connectivity index (χ2v) is 9.50. The molecule has 0 radical (unpaired) electrons. The lowest BCUT2D eigenvalue weighted by atomic mass is 9.85. The number of carbonyl (C=O) groups excluding carboxylic acids is 1. The van der Waals surface area contributed by atoms with E-state index in [-0.39, 0.29) is 11.9 Å². The van der Waals surface area contributed by atoms with Gasteiger partial charge in [-0.1, -0.05) is 24.6 Å². The Morgan fingerprint density at radius 1 is 1.00 bits per heavy atom. The van der Waals surface area contributed by atoms with E-state index in [0.717, 1.165) is 44.7 Å². The number of ether oxygens (including phenoxy) is 1. The highest BCUT2D eigenvalue weighted by Gasteiger charge is 2.46. The molecule has 0 aromatic heterocycles. The average Bonchev–Trinajstić information content (AvgIpc) is 2.94. The molecule has 2 heterocycles. The van der Waals surface area contributed by atoms with E-state index in [9.17, 15) is 4.79 Å². The molecule has 5 rings (SSSR count). The molecule has 5 heteroatoms. The Bertz CT molecular complexity index is 996. The standard InChI is InChI=1S/C26H33N3O2/c1-17-5-8-24(31-4)23(15-17)26(30)29-10-9-20-18(2)25(29)22-16-19(6-7-21(20)22)28-13-11-27(3)12-14-28/h5-8,15-16,18,20,25H,9-14H2,1-4H3/t18-,20?,25?/m0/s1. The number of amides is 1. The summed E-state index contributed by atoms with van der Waals surface area (Å²) in [6.07, 6.45) is 1.03.